The molecule has 7 N–H and O–H groups in total. The van der Waals surface area contributed by atoms with Gasteiger partial charge in [-0.25, -0.2) is 0 Å². The number of nitrogens with one attached hydrogen (secondary N) is 5. The number of primary amides is 1. The summed E-state index contributed by atoms with van der Waals surface area (Å²) in [5.74, 6) is -5.35. The maximum Gasteiger partial charge on any atom is 0.290 e. The molecule has 0 radical (unpaired) electrons. The minimum atomic E-state index is -1.54. The lowest BCUT2D eigenvalue weighted by molar-refractivity contribution is -0.142. The van der Waals surface area contributed by atoms with E-state index in [9.17, 15) is 33.6 Å². The van der Waals surface area contributed by atoms with E-state index in [1.165, 1.54) is 6.08 Å². The first-order chi connectivity index (χ1) is 30.3. The van der Waals surface area contributed by atoms with Crippen molar-refractivity contribution in [3.8, 4) is 5.75 Å². The standard InChI is InChI=1S/C48H56N6O9/c1-5-22-62-30-41(44(57)48(61)50-29-43(56)51-38(45(49)58)27-34-16-19-35-14-10-11-15-36(35)25-34)54-46(59)39(24-31(3)4)53-47(60)40(52-42(55)28-32-12-8-7-9-13-32)26-33-17-20-37(21-18-33)63-23-6-2/h5-21,25,31,38-41H,1-2,22-24,26-30H2,3-4H3,(H2,49,58)(H,50,61)(H,51,56)(H,52,55)(H,53,60)(H,54,59)/t38-,39?,40-,41?/m0/s1. The average Bonchev–Trinajstić information content (AvgIpc) is 3.26. The van der Waals surface area contributed by atoms with Gasteiger partial charge in [-0.05, 0) is 51.9 Å². The molecule has 4 rings (SSSR count). The van der Waals surface area contributed by atoms with Crippen molar-refractivity contribution in [1.29, 1.82) is 0 Å². The Morgan fingerprint density at radius 1 is 0.635 bits per heavy atom. The van der Waals surface area contributed by atoms with Crippen molar-refractivity contribution in [1.82, 2.24) is 26.6 Å². The summed E-state index contributed by atoms with van der Waals surface area (Å²) in [6.07, 6.45) is 3.31. The van der Waals surface area contributed by atoms with Crippen LogP contribution in [-0.2, 0) is 57.6 Å². The SMILES string of the molecule is C=CCOCC(NC(=O)C(CC(C)C)NC(=O)[C@H](Cc1ccc(OCC=C)cc1)NC(=O)Cc1ccccc1)C(=O)C(=O)NCC(=O)N[C@@H](Cc1ccc2ccccc2c1)C(N)=O. The molecule has 332 valence electrons. The van der Waals surface area contributed by atoms with E-state index >= 15 is 0 Å². The normalized spacial score (nSPS) is 12.7. The van der Waals surface area contributed by atoms with Crippen LogP contribution < -0.4 is 37.1 Å². The minimum absolute atomic E-state index is 0.00410. The van der Waals surface area contributed by atoms with E-state index in [2.05, 4.69) is 39.7 Å². The number of amides is 6. The van der Waals surface area contributed by atoms with Crippen LogP contribution in [0.25, 0.3) is 10.8 Å². The molecule has 15 heteroatoms. The van der Waals surface area contributed by atoms with Crippen LogP contribution in [-0.4, -0.2) is 91.8 Å². The summed E-state index contributed by atoms with van der Waals surface area (Å²) in [7, 11) is 0. The fourth-order valence-corrected chi connectivity index (χ4v) is 6.52. The molecule has 0 bridgehead atoms. The highest BCUT2D eigenvalue weighted by atomic mass is 16.5. The van der Waals surface area contributed by atoms with Crippen molar-refractivity contribution < 1.29 is 43.0 Å². The molecular weight excluding hydrogens is 805 g/mol. The Labute approximate surface area is 367 Å². The minimum Gasteiger partial charge on any atom is -0.490 e. The largest absolute Gasteiger partial charge is 0.490 e. The van der Waals surface area contributed by atoms with Gasteiger partial charge in [0, 0.05) is 12.8 Å². The third kappa shape index (κ3) is 16.3. The lowest BCUT2D eigenvalue weighted by Crippen LogP contribution is -2.58. The average molecular weight is 861 g/mol. The Bertz CT molecular complexity index is 2230. The molecule has 0 aliphatic heterocycles. The van der Waals surface area contributed by atoms with Gasteiger partial charge in [0.15, 0.2) is 0 Å². The Morgan fingerprint density at radius 3 is 1.90 bits per heavy atom. The quantitative estimate of drug-likeness (QED) is 0.0310. The zero-order valence-corrected chi connectivity index (χ0v) is 35.6. The number of ether oxygens (including phenoxy) is 2. The van der Waals surface area contributed by atoms with Crippen LogP contribution in [0.1, 0.15) is 37.0 Å². The van der Waals surface area contributed by atoms with Crippen LogP contribution in [0.5, 0.6) is 5.75 Å². The van der Waals surface area contributed by atoms with Gasteiger partial charge < -0.3 is 41.8 Å². The molecule has 0 aliphatic rings. The third-order valence-corrected chi connectivity index (χ3v) is 9.65. The van der Waals surface area contributed by atoms with E-state index in [1.807, 2.05) is 62.4 Å². The molecule has 0 aliphatic carbocycles. The van der Waals surface area contributed by atoms with Gasteiger partial charge in [0.2, 0.25) is 35.3 Å². The van der Waals surface area contributed by atoms with Gasteiger partial charge >= 0.3 is 0 Å². The van der Waals surface area contributed by atoms with Crippen LogP contribution >= 0.6 is 0 Å². The summed E-state index contributed by atoms with van der Waals surface area (Å²) >= 11 is 0. The molecule has 63 heavy (non-hydrogen) atoms. The van der Waals surface area contributed by atoms with Crippen molar-refractivity contribution >= 4 is 52.0 Å². The van der Waals surface area contributed by atoms with Gasteiger partial charge in [-0.2, -0.15) is 0 Å². The molecule has 0 saturated carbocycles. The number of hydrogen-bond donors (Lipinski definition) is 6. The zero-order chi connectivity index (χ0) is 45.7. The van der Waals surface area contributed by atoms with E-state index in [-0.39, 0.29) is 38.2 Å². The topological polar surface area (TPSA) is 224 Å². The monoisotopic (exact) mass is 860 g/mol. The number of benzene rings is 4. The van der Waals surface area contributed by atoms with Crippen LogP contribution in [0.15, 0.2) is 122 Å². The number of nitrogens with two attached hydrogens (primary N) is 1. The fourth-order valence-electron chi connectivity index (χ4n) is 6.52. The van der Waals surface area contributed by atoms with E-state index in [0.29, 0.717) is 17.9 Å². The summed E-state index contributed by atoms with van der Waals surface area (Å²) in [6.45, 7) is 10.0. The second-order valence-corrected chi connectivity index (χ2v) is 15.3. The molecule has 0 heterocycles. The van der Waals surface area contributed by atoms with Gasteiger partial charge in [-0.1, -0.05) is 118 Å². The van der Waals surface area contributed by atoms with E-state index in [0.717, 1.165) is 21.9 Å². The van der Waals surface area contributed by atoms with Crippen molar-refractivity contribution in [2.75, 3.05) is 26.4 Å². The predicted octanol–water partition coefficient (Wildman–Crippen LogP) is 2.79. The number of carbonyl (C=O) groups is 7. The van der Waals surface area contributed by atoms with Crippen LogP contribution in [0, 0.1) is 5.92 Å². The molecule has 6 amide bonds. The molecule has 4 atom stereocenters. The van der Waals surface area contributed by atoms with Gasteiger partial charge in [0.25, 0.3) is 5.91 Å². The van der Waals surface area contributed by atoms with Gasteiger partial charge in [0.1, 0.15) is 36.5 Å². The summed E-state index contributed by atoms with van der Waals surface area (Å²) in [4.78, 5) is 93.0. The molecule has 4 aromatic carbocycles. The van der Waals surface area contributed by atoms with Crippen LogP contribution in [0.3, 0.4) is 0 Å². The second kappa shape index (κ2) is 25.0. The van der Waals surface area contributed by atoms with E-state index in [4.69, 9.17) is 15.2 Å². The summed E-state index contributed by atoms with van der Waals surface area (Å²) in [5.41, 5.74) is 7.77. The third-order valence-electron chi connectivity index (χ3n) is 9.65. The number of rotatable bonds is 26. The molecule has 2 unspecified atom stereocenters. The lowest BCUT2D eigenvalue weighted by atomic mass is 10.00. The van der Waals surface area contributed by atoms with Crippen LogP contribution in [0.4, 0.5) is 0 Å². The maximum atomic E-state index is 14.0. The predicted molar refractivity (Wildman–Crippen MR) is 239 cm³/mol. The van der Waals surface area contributed by atoms with Crippen molar-refractivity contribution in [3.63, 3.8) is 0 Å². The summed E-state index contributed by atoms with van der Waals surface area (Å²) in [6, 6.07) is 24.2. The zero-order valence-electron chi connectivity index (χ0n) is 35.6. The first-order valence-corrected chi connectivity index (χ1v) is 20.6. The molecule has 4 aromatic rings. The molecular formula is C48H56N6O9. The molecule has 0 aromatic heterocycles. The van der Waals surface area contributed by atoms with E-state index in [1.54, 1.807) is 54.6 Å². The number of hydrogen-bond acceptors (Lipinski definition) is 9. The Morgan fingerprint density at radius 2 is 1.24 bits per heavy atom. The highest BCUT2D eigenvalue weighted by molar-refractivity contribution is 6.38. The van der Waals surface area contributed by atoms with Crippen molar-refractivity contribution in [3.05, 3.63) is 139 Å². The Balaban J connectivity index is 1.44. The van der Waals surface area contributed by atoms with Gasteiger partial charge in [-0.15, -0.1) is 6.58 Å². The first-order valence-electron chi connectivity index (χ1n) is 20.6. The molecule has 15 nitrogen and oxygen atoms in total. The Hall–Kier alpha value is -7.13. The molecule has 0 fully saturated rings. The smallest absolute Gasteiger partial charge is 0.290 e. The number of Topliss-reactive ketones (excluding diaryl/α,β-unsaturated/α-hetero) is 1. The van der Waals surface area contributed by atoms with Crippen LogP contribution in [0.2, 0.25) is 0 Å². The lowest BCUT2D eigenvalue weighted by Gasteiger charge is -2.26. The van der Waals surface area contributed by atoms with Crippen molar-refractivity contribution in [2.45, 2.75) is 63.7 Å². The molecule has 0 saturated heterocycles. The first kappa shape index (κ1) is 48.5. The highest BCUT2D eigenvalue weighted by Crippen LogP contribution is 2.17. The summed E-state index contributed by atoms with van der Waals surface area (Å²) < 4.78 is 11.0. The van der Waals surface area contributed by atoms with Gasteiger partial charge in [-0.3, -0.25) is 33.6 Å². The number of ketones is 1. The van der Waals surface area contributed by atoms with Gasteiger partial charge in [0.05, 0.1) is 26.2 Å². The number of carbonyl (C=O) groups excluding carboxylic acids is 7. The second-order valence-electron chi connectivity index (χ2n) is 15.3. The van der Waals surface area contributed by atoms with Crippen molar-refractivity contribution in [2.24, 2.45) is 11.7 Å². The molecule has 0 spiro atoms. The fraction of sp³-hybridized carbons (Fsp3) is 0.312. The number of fused-ring (bicyclic) bond motifs is 1. The maximum absolute atomic E-state index is 14.0. The highest BCUT2D eigenvalue weighted by Gasteiger charge is 2.33. The summed E-state index contributed by atoms with van der Waals surface area (Å²) in [5, 5.41) is 14.8. The Kier molecular flexibility index (Phi) is 19.2. The van der Waals surface area contributed by atoms with E-state index < -0.39 is 78.5 Å².